The monoisotopic (exact) mass is 371 g/mol. The first kappa shape index (κ1) is 19.6. The second-order valence-electron chi connectivity index (χ2n) is 5.69. The molecule has 0 unspecified atom stereocenters. The number of nitrogens with zero attached hydrogens (tertiary/aromatic N) is 1. The zero-order valence-corrected chi connectivity index (χ0v) is 15.8. The highest BCUT2D eigenvalue weighted by atomic mass is 32.2. The Kier molecular flexibility index (Phi) is 7.30. The van der Waals surface area contributed by atoms with Gasteiger partial charge in [0.05, 0.1) is 7.11 Å². The number of nitrogens with one attached hydrogen (secondary N) is 2. The van der Waals surface area contributed by atoms with Crippen LogP contribution < -0.4 is 20.8 Å². The van der Waals surface area contributed by atoms with Gasteiger partial charge in [-0.25, -0.2) is 4.98 Å². The van der Waals surface area contributed by atoms with Crippen LogP contribution in [0.1, 0.15) is 42.1 Å². The van der Waals surface area contributed by atoms with E-state index in [4.69, 9.17) is 10.5 Å². The summed E-state index contributed by atoms with van der Waals surface area (Å²) in [5, 5.41) is 12.9. The van der Waals surface area contributed by atoms with Gasteiger partial charge in [0.25, 0.3) is 11.7 Å². The average molecular weight is 371 g/mol. The average Bonchev–Trinajstić information content (AvgIpc) is 2.65. The number of nitriles is 1. The molecule has 0 spiro atoms. The van der Waals surface area contributed by atoms with E-state index in [0.29, 0.717) is 22.0 Å². The molecule has 0 saturated heterocycles. The first-order valence-electron chi connectivity index (χ1n) is 8.43. The molecule has 136 valence electrons. The molecule has 1 aromatic carbocycles. The van der Waals surface area contributed by atoms with Crippen molar-refractivity contribution in [3.05, 3.63) is 41.5 Å². The summed E-state index contributed by atoms with van der Waals surface area (Å²) in [5.74, 6) is 1.39. The minimum absolute atomic E-state index is 0.238. The summed E-state index contributed by atoms with van der Waals surface area (Å²) in [6, 6.07) is 10.7. The van der Waals surface area contributed by atoms with Crippen molar-refractivity contribution < 1.29 is 14.5 Å². The maximum absolute atomic E-state index is 12.5. The molecule has 7 heteroatoms. The van der Waals surface area contributed by atoms with Crippen molar-refractivity contribution in [2.24, 2.45) is 0 Å². The Morgan fingerprint density at radius 2 is 2.19 bits per heavy atom. The molecular formula is C19H23N4O2S+. The Balaban J connectivity index is 2.17. The first-order chi connectivity index (χ1) is 12.6. The summed E-state index contributed by atoms with van der Waals surface area (Å²) in [7, 11) is 1.56. The van der Waals surface area contributed by atoms with Gasteiger partial charge in [-0.05, 0) is 24.6 Å². The summed E-state index contributed by atoms with van der Waals surface area (Å²) in [6.45, 7) is 2.14. The fourth-order valence-corrected chi connectivity index (χ4v) is 3.35. The lowest BCUT2D eigenvalue weighted by molar-refractivity contribution is -0.410. The molecule has 1 heterocycles. The van der Waals surface area contributed by atoms with Crippen LogP contribution in [0.15, 0.2) is 35.4 Å². The number of carbonyl (C=O) groups excluding carboxylic acids is 1. The minimum Gasteiger partial charge on any atom is -0.497 e. The van der Waals surface area contributed by atoms with Gasteiger partial charge in [-0.2, -0.15) is 5.26 Å². The molecule has 1 amide bonds. The summed E-state index contributed by atoms with van der Waals surface area (Å²) in [5.41, 5.74) is 7.26. The van der Waals surface area contributed by atoms with Crippen molar-refractivity contribution in [2.75, 3.05) is 23.9 Å². The highest BCUT2D eigenvalue weighted by molar-refractivity contribution is 7.99. The molecule has 2 rings (SSSR count). The summed E-state index contributed by atoms with van der Waals surface area (Å²) < 4.78 is 5.14. The minimum atomic E-state index is -0.383. The Hall–Kier alpha value is -2.72. The Morgan fingerprint density at radius 1 is 1.38 bits per heavy atom. The van der Waals surface area contributed by atoms with E-state index in [1.807, 2.05) is 0 Å². The first-order valence-corrected chi connectivity index (χ1v) is 9.41. The number of anilines is 2. The number of H-pyrrole nitrogens is 1. The number of thioether (sulfide) groups is 1. The maximum atomic E-state index is 12.5. The number of aromatic nitrogens is 1. The van der Waals surface area contributed by atoms with E-state index < -0.39 is 0 Å². The lowest BCUT2D eigenvalue weighted by Gasteiger charge is -2.08. The van der Waals surface area contributed by atoms with Crippen molar-refractivity contribution in [1.29, 1.82) is 5.26 Å². The molecule has 0 saturated carbocycles. The molecule has 1 aromatic heterocycles. The van der Waals surface area contributed by atoms with E-state index in [1.165, 1.54) is 6.07 Å². The highest BCUT2D eigenvalue weighted by Crippen LogP contribution is 2.23. The molecule has 0 aliphatic rings. The molecule has 0 aliphatic heterocycles. The quantitative estimate of drug-likeness (QED) is 0.546. The molecule has 0 fully saturated rings. The van der Waals surface area contributed by atoms with Crippen LogP contribution >= 0.6 is 11.8 Å². The Morgan fingerprint density at radius 3 is 2.88 bits per heavy atom. The lowest BCUT2D eigenvalue weighted by atomic mass is 10.1. The van der Waals surface area contributed by atoms with E-state index in [2.05, 4.69) is 23.3 Å². The number of ether oxygens (including phenoxy) is 1. The zero-order chi connectivity index (χ0) is 18.9. The molecule has 6 nitrogen and oxygen atoms in total. The van der Waals surface area contributed by atoms with Crippen LogP contribution in [-0.4, -0.2) is 18.8 Å². The SMILES string of the molecule is CCCCCSc1[nH+]c(N)c(C(=O)Nc2cccc(OC)c2)cc1C#N. The van der Waals surface area contributed by atoms with Crippen molar-refractivity contribution in [2.45, 2.75) is 31.2 Å². The third-order valence-electron chi connectivity index (χ3n) is 3.76. The summed E-state index contributed by atoms with van der Waals surface area (Å²) in [4.78, 5) is 15.5. The van der Waals surface area contributed by atoms with Gasteiger partial charge in [-0.1, -0.05) is 37.6 Å². The Bertz CT molecular complexity index is 818. The number of methoxy groups -OCH3 is 1. The number of amides is 1. The van der Waals surface area contributed by atoms with Crippen molar-refractivity contribution >= 4 is 29.2 Å². The fraction of sp³-hybridized carbons (Fsp3) is 0.316. The van der Waals surface area contributed by atoms with Crippen LogP contribution in [0, 0.1) is 11.3 Å². The normalized spacial score (nSPS) is 10.2. The maximum Gasteiger partial charge on any atom is 0.284 e. The number of benzene rings is 1. The topological polar surface area (TPSA) is 102 Å². The van der Waals surface area contributed by atoms with Crippen LogP contribution in [0.5, 0.6) is 5.75 Å². The number of nitrogens with two attached hydrogens (primary N) is 1. The third kappa shape index (κ3) is 5.14. The molecular weight excluding hydrogens is 348 g/mol. The zero-order valence-electron chi connectivity index (χ0n) is 15.0. The highest BCUT2D eigenvalue weighted by Gasteiger charge is 2.20. The molecule has 0 radical (unpaired) electrons. The van der Waals surface area contributed by atoms with Crippen LogP contribution in [-0.2, 0) is 0 Å². The van der Waals surface area contributed by atoms with Crippen molar-refractivity contribution in [1.82, 2.24) is 0 Å². The van der Waals surface area contributed by atoms with E-state index in [-0.39, 0.29) is 17.3 Å². The van der Waals surface area contributed by atoms with Gasteiger partial charge in [0.15, 0.2) is 5.03 Å². The van der Waals surface area contributed by atoms with Crippen LogP contribution in [0.2, 0.25) is 0 Å². The standard InChI is InChI=1S/C19H22N4O2S/c1-3-4-5-9-26-19-13(12-20)10-16(17(21)23-19)18(24)22-14-7-6-8-15(11-14)25-2/h6-8,10-11H,3-5,9H2,1-2H3,(H2,21,23)(H,22,24)/p+1. The third-order valence-corrected chi connectivity index (χ3v) is 4.86. The van der Waals surface area contributed by atoms with E-state index in [0.717, 1.165) is 25.0 Å². The van der Waals surface area contributed by atoms with Gasteiger partial charge >= 0.3 is 0 Å². The smallest absolute Gasteiger partial charge is 0.284 e. The lowest BCUT2D eigenvalue weighted by Crippen LogP contribution is -2.23. The van der Waals surface area contributed by atoms with E-state index in [9.17, 15) is 10.1 Å². The van der Waals surface area contributed by atoms with Crippen LogP contribution in [0.25, 0.3) is 0 Å². The Labute approximate surface area is 157 Å². The molecule has 0 bridgehead atoms. The second kappa shape index (κ2) is 9.68. The van der Waals surface area contributed by atoms with Gasteiger partial charge in [0.1, 0.15) is 22.9 Å². The predicted molar refractivity (Wildman–Crippen MR) is 103 cm³/mol. The van der Waals surface area contributed by atoms with E-state index >= 15 is 0 Å². The number of carbonyl (C=O) groups is 1. The molecule has 4 N–H and O–H groups in total. The van der Waals surface area contributed by atoms with Crippen molar-refractivity contribution in [3.8, 4) is 11.8 Å². The van der Waals surface area contributed by atoms with Crippen LogP contribution in [0.4, 0.5) is 11.5 Å². The molecule has 26 heavy (non-hydrogen) atoms. The predicted octanol–water partition coefficient (Wildman–Crippen LogP) is 3.50. The van der Waals surface area contributed by atoms with Gasteiger partial charge in [-0.15, -0.1) is 0 Å². The van der Waals surface area contributed by atoms with E-state index in [1.54, 1.807) is 43.1 Å². The number of rotatable bonds is 8. The fourth-order valence-electron chi connectivity index (χ4n) is 2.35. The summed E-state index contributed by atoms with van der Waals surface area (Å²) in [6.07, 6.45) is 3.35. The number of unbranched alkanes of at least 4 members (excludes halogenated alkanes) is 2. The molecule has 0 atom stereocenters. The van der Waals surface area contributed by atoms with Crippen LogP contribution in [0.3, 0.4) is 0 Å². The van der Waals surface area contributed by atoms with Gasteiger partial charge in [0.2, 0.25) is 0 Å². The number of hydrogen-bond donors (Lipinski definition) is 2. The largest absolute Gasteiger partial charge is 0.497 e. The number of nitrogen functional groups attached to an aromatic ring is 1. The second-order valence-corrected chi connectivity index (χ2v) is 6.80. The number of pyridine rings is 1. The number of aromatic amines is 1. The molecule has 2 aromatic rings. The van der Waals surface area contributed by atoms with Gasteiger partial charge < -0.3 is 10.1 Å². The molecule has 0 aliphatic carbocycles. The van der Waals surface area contributed by atoms with Crippen molar-refractivity contribution in [3.63, 3.8) is 0 Å². The van der Waals surface area contributed by atoms with Gasteiger partial charge in [-0.3, -0.25) is 10.5 Å². The summed E-state index contributed by atoms with van der Waals surface area (Å²) >= 11 is 1.55. The van der Waals surface area contributed by atoms with Gasteiger partial charge in [0, 0.05) is 17.5 Å². The number of hydrogen-bond acceptors (Lipinski definition) is 5.